The van der Waals surface area contributed by atoms with Crippen molar-refractivity contribution in [1.29, 1.82) is 0 Å². The van der Waals surface area contributed by atoms with E-state index in [2.05, 4.69) is 5.32 Å². The Morgan fingerprint density at radius 2 is 2.33 bits per heavy atom. The Hall–Kier alpha value is -0.800. The van der Waals surface area contributed by atoms with Gasteiger partial charge in [-0.1, -0.05) is 0 Å². The number of aliphatic hydroxyl groups excluding tert-OH is 1. The molecule has 0 atom stereocenters. The van der Waals surface area contributed by atoms with Gasteiger partial charge in [-0.2, -0.15) is 0 Å². The number of rotatable bonds is 4. The van der Waals surface area contributed by atoms with Crippen molar-refractivity contribution in [1.82, 2.24) is 5.32 Å². The van der Waals surface area contributed by atoms with E-state index in [1.165, 1.54) is 0 Å². The molecule has 1 aromatic heterocycles. The van der Waals surface area contributed by atoms with Gasteiger partial charge in [-0.3, -0.25) is 0 Å². The lowest BCUT2D eigenvalue weighted by Crippen LogP contribution is -2.41. The molecular weight excluding hydrogens is 154 g/mol. The summed E-state index contributed by atoms with van der Waals surface area (Å²) in [5.41, 5.74) is 0.869. The molecule has 0 unspecified atom stereocenters. The Balaban J connectivity index is 2.36. The van der Waals surface area contributed by atoms with Crippen molar-refractivity contribution < 1.29 is 9.52 Å². The second-order valence-electron chi connectivity index (χ2n) is 3.53. The van der Waals surface area contributed by atoms with Gasteiger partial charge >= 0.3 is 0 Å². The summed E-state index contributed by atoms with van der Waals surface area (Å²) in [5.74, 6) is 0. The summed E-state index contributed by atoms with van der Waals surface area (Å²) in [5, 5.41) is 12.1. The van der Waals surface area contributed by atoms with Crippen LogP contribution < -0.4 is 5.32 Å². The fourth-order valence-corrected chi connectivity index (χ4v) is 0.790. The third kappa shape index (κ3) is 2.68. The Morgan fingerprint density at radius 1 is 1.58 bits per heavy atom. The van der Waals surface area contributed by atoms with Crippen LogP contribution in [0, 0.1) is 0 Å². The highest BCUT2D eigenvalue weighted by atomic mass is 16.3. The standard InChI is InChI=1S/C9H15NO2/c1-9(2,7-11)10-5-8-3-4-12-6-8/h3-4,6,10-11H,5,7H2,1-2H3. The molecule has 0 saturated carbocycles. The Kier molecular flexibility index (Phi) is 2.89. The minimum absolute atomic E-state index is 0.130. The van der Waals surface area contributed by atoms with E-state index in [0.29, 0.717) is 0 Å². The van der Waals surface area contributed by atoms with Crippen LogP contribution in [0.5, 0.6) is 0 Å². The monoisotopic (exact) mass is 169 g/mol. The molecule has 0 saturated heterocycles. The topological polar surface area (TPSA) is 45.4 Å². The van der Waals surface area contributed by atoms with E-state index in [1.54, 1.807) is 12.5 Å². The van der Waals surface area contributed by atoms with Gasteiger partial charge in [0.05, 0.1) is 19.1 Å². The maximum absolute atomic E-state index is 8.94. The lowest BCUT2D eigenvalue weighted by atomic mass is 10.1. The zero-order valence-electron chi connectivity index (χ0n) is 7.50. The van der Waals surface area contributed by atoms with E-state index in [-0.39, 0.29) is 12.1 Å². The SMILES string of the molecule is CC(C)(CO)NCc1ccoc1. The van der Waals surface area contributed by atoms with Crippen molar-refractivity contribution in [3.63, 3.8) is 0 Å². The summed E-state index contributed by atoms with van der Waals surface area (Å²) in [7, 11) is 0. The fraction of sp³-hybridized carbons (Fsp3) is 0.556. The number of nitrogens with one attached hydrogen (secondary N) is 1. The van der Waals surface area contributed by atoms with Gasteiger partial charge in [0.25, 0.3) is 0 Å². The van der Waals surface area contributed by atoms with Gasteiger partial charge in [0.15, 0.2) is 0 Å². The summed E-state index contributed by atoms with van der Waals surface area (Å²) < 4.78 is 4.91. The van der Waals surface area contributed by atoms with Gasteiger partial charge in [-0.15, -0.1) is 0 Å². The van der Waals surface area contributed by atoms with Gasteiger partial charge in [0, 0.05) is 17.6 Å². The lowest BCUT2D eigenvalue weighted by molar-refractivity contribution is 0.187. The third-order valence-electron chi connectivity index (χ3n) is 1.75. The molecule has 1 aromatic rings. The van der Waals surface area contributed by atoms with Gasteiger partial charge in [-0.25, -0.2) is 0 Å². The van der Waals surface area contributed by atoms with Crippen LogP contribution in [0.1, 0.15) is 19.4 Å². The fourth-order valence-electron chi connectivity index (χ4n) is 0.790. The van der Waals surface area contributed by atoms with Crippen molar-refractivity contribution in [3.8, 4) is 0 Å². The van der Waals surface area contributed by atoms with Crippen molar-refractivity contribution in [2.75, 3.05) is 6.61 Å². The molecule has 68 valence electrons. The van der Waals surface area contributed by atoms with Gasteiger partial charge in [-0.05, 0) is 19.9 Å². The molecule has 3 heteroatoms. The first-order chi connectivity index (χ1) is 5.64. The first kappa shape index (κ1) is 9.29. The number of hydrogen-bond donors (Lipinski definition) is 2. The summed E-state index contributed by atoms with van der Waals surface area (Å²) in [6.45, 7) is 4.76. The van der Waals surface area contributed by atoms with Crippen molar-refractivity contribution in [2.45, 2.75) is 25.9 Å². The first-order valence-electron chi connectivity index (χ1n) is 4.01. The first-order valence-corrected chi connectivity index (χ1v) is 4.01. The molecule has 0 aliphatic heterocycles. The number of hydrogen-bond acceptors (Lipinski definition) is 3. The van der Waals surface area contributed by atoms with Crippen LogP contribution in [0.4, 0.5) is 0 Å². The lowest BCUT2D eigenvalue weighted by Gasteiger charge is -2.22. The highest BCUT2D eigenvalue weighted by Crippen LogP contribution is 2.04. The van der Waals surface area contributed by atoms with Crippen molar-refractivity contribution in [2.24, 2.45) is 0 Å². The maximum Gasteiger partial charge on any atom is 0.0947 e. The quantitative estimate of drug-likeness (QED) is 0.710. The van der Waals surface area contributed by atoms with Crippen LogP contribution in [0.2, 0.25) is 0 Å². The zero-order valence-corrected chi connectivity index (χ0v) is 7.50. The predicted octanol–water partition coefficient (Wildman–Crippen LogP) is 1.14. The van der Waals surface area contributed by atoms with Crippen LogP contribution in [0.15, 0.2) is 23.0 Å². The molecule has 0 spiro atoms. The second kappa shape index (κ2) is 3.74. The normalized spacial score (nSPS) is 11.9. The van der Waals surface area contributed by atoms with E-state index in [1.807, 2.05) is 19.9 Å². The largest absolute Gasteiger partial charge is 0.472 e. The second-order valence-corrected chi connectivity index (χ2v) is 3.53. The Morgan fingerprint density at radius 3 is 2.83 bits per heavy atom. The predicted molar refractivity (Wildman–Crippen MR) is 46.7 cm³/mol. The summed E-state index contributed by atoms with van der Waals surface area (Å²) in [4.78, 5) is 0. The molecule has 1 rings (SSSR count). The van der Waals surface area contributed by atoms with Gasteiger partial charge < -0.3 is 14.8 Å². The van der Waals surface area contributed by atoms with Crippen LogP contribution in [0.25, 0.3) is 0 Å². The molecule has 0 aliphatic carbocycles. The summed E-state index contributed by atoms with van der Waals surface area (Å²) in [6.07, 6.45) is 3.34. The minimum Gasteiger partial charge on any atom is -0.472 e. The van der Waals surface area contributed by atoms with E-state index in [4.69, 9.17) is 9.52 Å². The smallest absolute Gasteiger partial charge is 0.0947 e. The van der Waals surface area contributed by atoms with E-state index in [0.717, 1.165) is 12.1 Å². The molecule has 0 aliphatic rings. The van der Waals surface area contributed by atoms with Crippen LogP contribution in [0.3, 0.4) is 0 Å². The van der Waals surface area contributed by atoms with Gasteiger partial charge in [0.2, 0.25) is 0 Å². The zero-order chi connectivity index (χ0) is 9.03. The Bertz CT molecular complexity index is 216. The molecule has 12 heavy (non-hydrogen) atoms. The van der Waals surface area contributed by atoms with E-state index >= 15 is 0 Å². The number of aliphatic hydroxyl groups is 1. The number of furan rings is 1. The molecule has 0 aromatic carbocycles. The van der Waals surface area contributed by atoms with Crippen molar-refractivity contribution >= 4 is 0 Å². The molecule has 0 amide bonds. The van der Waals surface area contributed by atoms with E-state index in [9.17, 15) is 0 Å². The maximum atomic E-state index is 8.94. The van der Waals surface area contributed by atoms with Crippen LogP contribution in [-0.4, -0.2) is 17.3 Å². The van der Waals surface area contributed by atoms with E-state index < -0.39 is 0 Å². The molecular formula is C9H15NO2. The molecule has 1 heterocycles. The van der Waals surface area contributed by atoms with Gasteiger partial charge in [0.1, 0.15) is 0 Å². The summed E-state index contributed by atoms with van der Waals surface area (Å²) >= 11 is 0. The Labute approximate surface area is 72.4 Å². The molecule has 0 radical (unpaired) electrons. The summed E-state index contributed by atoms with van der Waals surface area (Å²) in [6, 6.07) is 1.90. The minimum atomic E-state index is -0.225. The van der Waals surface area contributed by atoms with Crippen molar-refractivity contribution in [3.05, 3.63) is 24.2 Å². The highest BCUT2D eigenvalue weighted by Gasteiger charge is 2.14. The highest BCUT2D eigenvalue weighted by molar-refractivity contribution is 5.05. The molecule has 0 fully saturated rings. The molecule has 3 nitrogen and oxygen atoms in total. The average Bonchev–Trinajstić information content (AvgIpc) is 2.53. The molecule has 2 N–H and O–H groups in total. The molecule has 0 bridgehead atoms. The average molecular weight is 169 g/mol. The van der Waals surface area contributed by atoms with Crippen LogP contribution in [-0.2, 0) is 6.54 Å². The third-order valence-corrected chi connectivity index (χ3v) is 1.75. The van der Waals surface area contributed by atoms with Crippen LogP contribution >= 0.6 is 0 Å².